The molecule has 2 unspecified atom stereocenters. The normalized spacial score (nSPS) is 42.2. The smallest absolute Gasteiger partial charge is 0.0738 e. The third kappa shape index (κ3) is 2.04. The molecule has 2 rings (SSSR count). The minimum Gasteiger partial charge on any atom is -0.396 e. The first-order valence-electron chi connectivity index (χ1n) is 6.89. The Morgan fingerprint density at radius 3 is 1.71 bits per heavy atom. The molecule has 17 heavy (non-hydrogen) atoms. The SMILES string of the molecule is CC1CC1(CO)C1(O)CC(C)(C)CC(C)(C)C1. The molecule has 2 fully saturated rings. The van der Waals surface area contributed by atoms with Crippen molar-refractivity contribution in [2.75, 3.05) is 6.61 Å². The summed E-state index contributed by atoms with van der Waals surface area (Å²) in [4.78, 5) is 0. The molecular formula is C15H28O2. The Balaban J connectivity index is 2.31. The lowest BCUT2D eigenvalue weighted by atomic mass is 9.55. The molecule has 2 aliphatic rings. The Labute approximate surface area is 105 Å². The van der Waals surface area contributed by atoms with Gasteiger partial charge in [-0.2, -0.15) is 0 Å². The highest BCUT2D eigenvalue weighted by Gasteiger charge is 2.66. The van der Waals surface area contributed by atoms with Crippen LogP contribution in [-0.4, -0.2) is 22.4 Å². The minimum atomic E-state index is -0.674. The van der Waals surface area contributed by atoms with Crippen LogP contribution in [0.25, 0.3) is 0 Å². The molecule has 0 amide bonds. The summed E-state index contributed by atoms with van der Waals surface area (Å²) in [6.07, 6.45) is 3.78. The van der Waals surface area contributed by atoms with Crippen LogP contribution in [0.1, 0.15) is 60.3 Å². The van der Waals surface area contributed by atoms with Crippen molar-refractivity contribution in [2.45, 2.75) is 65.9 Å². The zero-order chi connectivity index (χ0) is 13.1. The second kappa shape index (κ2) is 3.48. The highest BCUT2D eigenvalue weighted by Crippen LogP contribution is 2.66. The van der Waals surface area contributed by atoms with Crippen LogP contribution in [0.15, 0.2) is 0 Å². The molecule has 0 saturated heterocycles. The molecule has 100 valence electrons. The van der Waals surface area contributed by atoms with Gasteiger partial charge in [-0.05, 0) is 42.4 Å². The van der Waals surface area contributed by atoms with Crippen LogP contribution in [0.3, 0.4) is 0 Å². The molecule has 0 heterocycles. The fourth-order valence-electron chi connectivity index (χ4n) is 4.92. The summed E-state index contributed by atoms with van der Waals surface area (Å²) in [5.74, 6) is 0.460. The van der Waals surface area contributed by atoms with E-state index in [-0.39, 0.29) is 22.9 Å². The minimum absolute atomic E-state index is 0.136. The second-order valence-electron chi connectivity index (χ2n) is 8.31. The largest absolute Gasteiger partial charge is 0.396 e. The van der Waals surface area contributed by atoms with E-state index in [1.807, 2.05) is 0 Å². The Hall–Kier alpha value is -0.0800. The van der Waals surface area contributed by atoms with Crippen molar-refractivity contribution in [3.8, 4) is 0 Å². The summed E-state index contributed by atoms with van der Waals surface area (Å²) in [6.45, 7) is 11.3. The van der Waals surface area contributed by atoms with Crippen LogP contribution in [0.2, 0.25) is 0 Å². The fourth-order valence-corrected chi connectivity index (χ4v) is 4.92. The van der Waals surface area contributed by atoms with Gasteiger partial charge in [0.15, 0.2) is 0 Å². The van der Waals surface area contributed by atoms with E-state index in [4.69, 9.17) is 0 Å². The molecule has 0 bridgehead atoms. The average Bonchev–Trinajstić information content (AvgIpc) is 2.71. The molecule has 2 heteroatoms. The second-order valence-corrected chi connectivity index (χ2v) is 8.31. The van der Waals surface area contributed by atoms with Crippen molar-refractivity contribution < 1.29 is 10.2 Å². The van der Waals surface area contributed by atoms with Gasteiger partial charge in [-0.25, -0.2) is 0 Å². The van der Waals surface area contributed by atoms with Crippen molar-refractivity contribution in [1.82, 2.24) is 0 Å². The molecule has 2 saturated carbocycles. The molecule has 0 aromatic heterocycles. The lowest BCUT2D eigenvalue weighted by Gasteiger charge is -2.53. The summed E-state index contributed by atoms with van der Waals surface area (Å²) in [6, 6.07) is 0. The molecule has 0 radical (unpaired) electrons. The maximum Gasteiger partial charge on any atom is 0.0738 e. The number of hydrogen-bond acceptors (Lipinski definition) is 2. The van der Waals surface area contributed by atoms with E-state index in [0.717, 1.165) is 25.7 Å². The van der Waals surface area contributed by atoms with E-state index in [1.54, 1.807) is 0 Å². The summed E-state index contributed by atoms with van der Waals surface area (Å²) < 4.78 is 0. The fraction of sp³-hybridized carbons (Fsp3) is 1.00. The first-order valence-corrected chi connectivity index (χ1v) is 6.89. The lowest BCUT2D eigenvalue weighted by molar-refractivity contribution is -0.146. The lowest BCUT2D eigenvalue weighted by Crippen LogP contribution is -2.53. The number of rotatable bonds is 2. The van der Waals surface area contributed by atoms with Crippen LogP contribution in [0.4, 0.5) is 0 Å². The van der Waals surface area contributed by atoms with Crippen molar-refractivity contribution in [1.29, 1.82) is 0 Å². The van der Waals surface area contributed by atoms with Gasteiger partial charge in [-0.15, -0.1) is 0 Å². The van der Waals surface area contributed by atoms with E-state index < -0.39 is 5.60 Å². The standard InChI is InChI=1S/C15H28O2/c1-11-6-14(11,10-16)15(17)8-12(2,3)7-13(4,5)9-15/h11,16-17H,6-10H2,1-5H3. The van der Waals surface area contributed by atoms with E-state index in [1.165, 1.54) is 0 Å². The number of aliphatic hydroxyl groups is 2. The highest BCUT2D eigenvalue weighted by atomic mass is 16.3. The van der Waals surface area contributed by atoms with Crippen LogP contribution >= 0.6 is 0 Å². The molecule has 0 aliphatic heterocycles. The summed E-state index contributed by atoms with van der Waals surface area (Å²) in [5.41, 5.74) is -0.559. The van der Waals surface area contributed by atoms with Crippen LogP contribution in [0, 0.1) is 22.2 Å². The van der Waals surface area contributed by atoms with Crippen LogP contribution < -0.4 is 0 Å². The Morgan fingerprint density at radius 1 is 1.00 bits per heavy atom. The zero-order valence-electron chi connectivity index (χ0n) is 12.0. The molecular weight excluding hydrogens is 212 g/mol. The maximum atomic E-state index is 11.1. The van der Waals surface area contributed by atoms with Gasteiger partial charge < -0.3 is 10.2 Å². The van der Waals surface area contributed by atoms with Gasteiger partial charge in [-0.3, -0.25) is 0 Å². The van der Waals surface area contributed by atoms with E-state index in [9.17, 15) is 10.2 Å². The van der Waals surface area contributed by atoms with Crippen LogP contribution in [0.5, 0.6) is 0 Å². The molecule has 0 aromatic rings. The monoisotopic (exact) mass is 240 g/mol. The Bertz CT molecular complexity index is 299. The molecule has 0 aromatic carbocycles. The predicted octanol–water partition coefficient (Wildman–Crippen LogP) is 2.97. The molecule has 2 nitrogen and oxygen atoms in total. The summed E-state index contributed by atoms with van der Waals surface area (Å²) in [7, 11) is 0. The topological polar surface area (TPSA) is 40.5 Å². The number of hydrogen-bond donors (Lipinski definition) is 2. The first kappa shape index (κ1) is 13.4. The molecule has 0 spiro atoms. The van der Waals surface area contributed by atoms with Crippen molar-refractivity contribution >= 4 is 0 Å². The number of aliphatic hydroxyl groups excluding tert-OH is 1. The van der Waals surface area contributed by atoms with Gasteiger partial charge >= 0.3 is 0 Å². The zero-order valence-corrected chi connectivity index (χ0v) is 12.0. The predicted molar refractivity (Wildman–Crippen MR) is 69.7 cm³/mol. The van der Waals surface area contributed by atoms with Gasteiger partial charge in [0.1, 0.15) is 0 Å². The van der Waals surface area contributed by atoms with E-state index in [0.29, 0.717) is 5.92 Å². The van der Waals surface area contributed by atoms with Gasteiger partial charge in [0.05, 0.1) is 12.2 Å². The molecule has 2 N–H and O–H groups in total. The van der Waals surface area contributed by atoms with Crippen molar-refractivity contribution in [2.24, 2.45) is 22.2 Å². The summed E-state index contributed by atoms with van der Waals surface area (Å²) >= 11 is 0. The van der Waals surface area contributed by atoms with Gasteiger partial charge in [0, 0.05) is 5.41 Å². The summed E-state index contributed by atoms with van der Waals surface area (Å²) in [5, 5.41) is 20.9. The van der Waals surface area contributed by atoms with E-state index >= 15 is 0 Å². The van der Waals surface area contributed by atoms with Crippen LogP contribution in [-0.2, 0) is 0 Å². The van der Waals surface area contributed by atoms with Crippen molar-refractivity contribution in [3.05, 3.63) is 0 Å². The Morgan fingerprint density at radius 2 is 1.41 bits per heavy atom. The van der Waals surface area contributed by atoms with Gasteiger partial charge in [0.2, 0.25) is 0 Å². The molecule has 2 atom stereocenters. The van der Waals surface area contributed by atoms with Gasteiger partial charge in [0.25, 0.3) is 0 Å². The quantitative estimate of drug-likeness (QED) is 0.779. The highest BCUT2D eigenvalue weighted by molar-refractivity contribution is 5.16. The van der Waals surface area contributed by atoms with E-state index in [2.05, 4.69) is 34.6 Å². The maximum absolute atomic E-state index is 11.1. The average molecular weight is 240 g/mol. The third-order valence-electron chi connectivity index (χ3n) is 5.16. The van der Waals surface area contributed by atoms with Gasteiger partial charge in [-0.1, -0.05) is 34.6 Å². The molecule has 2 aliphatic carbocycles. The first-order chi connectivity index (χ1) is 7.56. The van der Waals surface area contributed by atoms with Crippen molar-refractivity contribution in [3.63, 3.8) is 0 Å². The third-order valence-corrected chi connectivity index (χ3v) is 5.16. The Kier molecular flexibility index (Phi) is 2.73.